The number of carbonyl (C=O) groups is 3. The SMILES string of the molecule is C=CC[C@@H](CC(=O)NCCOCCO)C(=O)N[C@H](COC(=O)[C@@H](CC=C)Cc1ccccc1)C(C)C. The van der Waals surface area contributed by atoms with Gasteiger partial charge in [0.2, 0.25) is 11.8 Å². The summed E-state index contributed by atoms with van der Waals surface area (Å²) >= 11 is 0. The van der Waals surface area contributed by atoms with Crippen LogP contribution in [-0.2, 0) is 30.3 Å². The maximum Gasteiger partial charge on any atom is 0.309 e. The number of nitrogens with one attached hydrogen (secondary N) is 2. The average molecular weight is 503 g/mol. The Kier molecular flexibility index (Phi) is 15.8. The molecule has 1 rings (SSSR count). The van der Waals surface area contributed by atoms with Gasteiger partial charge in [-0.05, 0) is 30.7 Å². The number of aliphatic hydroxyl groups excluding tert-OH is 1. The summed E-state index contributed by atoms with van der Waals surface area (Å²) in [5.41, 5.74) is 1.04. The summed E-state index contributed by atoms with van der Waals surface area (Å²) in [4.78, 5) is 38.1. The second-order valence-electron chi connectivity index (χ2n) is 9.01. The van der Waals surface area contributed by atoms with E-state index in [0.29, 0.717) is 25.8 Å². The second kappa shape index (κ2) is 18.3. The largest absolute Gasteiger partial charge is 0.463 e. The van der Waals surface area contributed by atoms with E-state index in [4.69, 9.17) is 14.6 Å². The third kappa shape index (κ3) is 12.7. The molecule has 8 heteroatoms. The molecule has 0 heterocycles. The van der Waals surface area contributed by atoms with Gasteiger partial charge in [-0.25, -0.2) is 0 Å². The smallest absolute Gasteiger partial charge is 0.309 e. The fourth-order valence-electron chi connectivity index (χ4n) is 3.56. The lowest BCUT2D eigenvalue weighted by atomic mass is 9.96. The molecule has 2 amide bonds. The molecule has 0 aliphatic carbocycles. The van der Waals surface area contributed by atoms with E-state index in [1.54, 1.807) is 12.2 Å². The number of rotatable bonds is 19. The second-order valence-corrected chi connectivity index (χ2v) is 9.01. The maximum atomic E-state index is 13.0. The minimum absolute atomic E-state index is 0.000933. The van der Waals surface area contributed by atoms with Gasteiger partial charge in [-0.1, -0.05) is 56.3 Å². The van der Waals surface area contributed by atoms with Crippen LogP contribution in [0.25, 0.3) is 0 Å². The molecule has 0 saturated carbocycles. The van der Waals surface area contributed by atoms with Crippen LogP contribution in [-0.4, -0.2) is 61.9 Å². The number of benzene rings is 1. The van der Waals surface area contributed by atoms with Crippen LogP contribution in [0.3, 0.4) is 0 Å². The first kappa shape index (κ1) is 31.1. The number of hydrogen-bond donors (Lipinski definition) is 3. The van der Waals surface area contributed by atoms with Crippen molar-refractivity contribution >= 4 is 17.8 Å². The third-order valence-corrected chi connectivity index (χ3v) is 5.70. The molecule has 0 bridgehead atoms. The molecule has 0 saturated heterocycles. The van der Waals surface area contributed by atoms with Gasteiger partial charge in [-0.15, -0.1) is 13.2 Å². The average Bonchev–Trinajstić information content (AvgIpc) is 2.86. The van der Waals surface area contributed by atoms with Gasteiger partial charge in [-0.2, -0.15) is 0 Å². The van der Waals surface area contributed by atoms with Gasteiger partial charge in [0.05, 0.1) is 37.7 Å². The minimum Gasteiger partial charge on any atom is -0.463 e. The molecule has 1 aromatic rings. The van der Waals surface area contributed by atoms with Crippen LogP contribution >= 0.6 is 0 Å². The molecule has 200 valence electrons. The summed E-state index contributed by atoms with van der Waals surface area (Å²) in [5.74, 6) is -1.83. The number of amides is 2. The lowest BCUT2D eigenvalue weighted by Crippen LogP contribution is -2.46. The van der Waals surface area contributed by atoms with Crippen LogP contribution < -0.4 is 10.6 Å². The molecule has 0 fully saturated rings. The molecule has 0 aliphatic heterocycles. The Balaban J connectivity index is 2.66. The third-order valence-electron chi connectivity index (χ3n) is 5.70. The highest BCUT2D eigenvalue weighted by Crippen LogP contribution is 2.16. The number of ether oxygens (including phenoxy) is 2. The Bertz CT molecular complexity index is 812. The Labute approximate surface area is 215 Å². The first-order valence-electron chi connectivity index (χ1n) is 12.5. The summed E-state index contributed by atoms with van der Waals surface area (Å²) in [7, 11) is 0. The summed E-state index contributed by atoms with van der Waals surface area (Å²) in [6.45, 7) is 12.1. The van der Waals surface area contributed by atoms with E-state index in [9.17, 15) is 14.4 Å². The van der Waals surface area contributed by atoms with Crippen molar-refractivity contribution in [3.63, 3.8) is 0 Å². The monoisotopic (exact) mass is 502 g/mol. The predicted molar refractivity (Wildman–Crippen MR) is 140 cm³/mol. The highest BCUT2D eigenvalue weighted by Gasteiger charge is 2.27. The molecular formula is C28H42N2O6. The van der Waals surface area contributed by atoms with Crippen molar-refractivity contribution in [3.8, 4) is 0 Å². The molecule has 0 aliphatic rings. The molecule has 0 aromatic heterocycles. The van der Waals surface area contributed by atoms with Gasteiger partial charge in [0, 0.05) is 13.0 Å². The summed E-state index contributed by atoms with van der Waals surface area (Å²) in [6.07, 6.45) is 4.69. The quantitative estimate of drug-likeness (QED) is 0.152. The van der Waals surface area contributed by atoms with Crippen LogP contribution in [0.1, 0.15) is 38.7 Å². The fourth-order valence-corrected chi connectivity index (χ4v) is 3.56. The van der Waals surface area contributed by atoms with Crippen LogP contribution in [0.4, 0.5) is 0 Å². The van der Waals surface area contributed by atoms with Gasteiger partial charge in [-0.3, -0.25) is 14.4 Å². The molecule has 3 atom stereocenters. The zero-order chi connectivity index (χ0) is 26.8. The first-order valence-corrected chi connectivity index (χ1v) is 12.5. The highest BCUT2D eigenvalue weighted by atomic mass is 16.5. The van der Waals surface area contributed by atoms with Gasteiger partial charge in [0.25, 0.3) is 0 Å². The van der Waals surface area contributed by atoms with Crippen molar-refractivity contribution in [1.29, 1.82) is 0 Å². The van der Waals surface area contributed by atoms with E-state index < -0.39 is 12.0 Å². The molecule has 0 unspecified atom stereocenters. The van der Waals surface area contributed by atoms with Gasteiger partial charge >= 0.3 is 5.97 Å². The van der Waals surface area contributed by atoms with Crippen LogP contribution in [0.15, 0.2) is 55.6 Å². The lowest BCUT2D eigenvalue weighted by molar-refractivity contribution is -0.150. The van der Waals surface area contributed by atoms with E-state index in [1.807, 2.05) is 44.2 Å². The fraction of sp³-hybridized carbons (Fsp3) is 0.536. The molecule has 0 spiro atoms. The van der Waals surface area contributed by atoms with Crippen LogP contribution in [0.2, 0.25) is 0 Å². The number of hydrogen-bond acceptors (Lipinski definition) is 6. The van der Waals surface area contributed by atoms with Crippen molar-refractivity contribution in [2.24, 2.45) is 17.8 Å². The van der Waals surface area contributed by atoms with Gasteiger partial charge in [0.1, 0.15) is 6.61 Å². The van der Waals surface area contributed by atoms with Crippen molar-refractivity contribution < 1.29 is 29.0 Å². The number of aliphatic hydroxyl groups is 1. The Morgan fingerprint density at radius 1 is 1.03 bits per heavy atom. The standard InChI is InChI=1S/C28H42N2O6/c1-5-10-23(19-26(32)29-14-16-35-17-15-31)27(33)30-25(21(3)4)20-36-28(34)24(11-6-2)18-22-12-8-7-9-13-22/h5-9,12-13,21,23-25,31H,1-2,10-11,14-20H2,3-4H3,(H,29,32)(H,30,33)/t23-,24-,25+/m0/s1. The van der Waals surface area contributed by atoms with E-state index in [2.05, 4.69) is 23.8 Å². The summed E-state index contributed by atoms with van der Waals surface area (Å²) in [5, 5.41) is 14.4. The zero-order valence-corrected chi connectivity index (χ0v) is 21.6. The molecule has 3 N–H and O–H groups in total. The topological polar surface area (TPSA) is 114 Å². The van der Waals surface area contributed by atoms with E-state index in [1.165, 1.54) is 0 Å². The van der Waals surface area contributed by atoms with Crippen molar-refractivity contribution in [1.82, 2.24) is 10.6 Å². The van der Waals surface area contributed by atoms with E-state index >= 15 is 0 Å². The van der Waals surface area contributed by atoms with Gasteiger partial charge in [0.15, 0.2) is 0 Å². The number of carbonyl (C=O) groups excluding carboxylic acids is 3. The molecule has 36 heavy (non-hydrogen) atoms. The maximum absolute atomic E-state index is 13.0. The Morgan fingerprint density at radius 2 is 1.69 bits per heavy atom. The van der Waals surface area contributed by atoms with Gasteiger partial charge < -0.3 is 25.2 Å². The predicted octanol–water partition coefficient (Wildman–Crippen LogP) is 2.81. The number of allylic oxidation sites excluding steroid dienone is 2. The van der Waals surface area contributed by atoms with Crippen molar-refractivity contribution in [2.45, 2.75) is 45.6 Å². The Hall–Kier alpha value is -2.97. The highest BCUT2D eigenvalue weighted by molar-refractivity contribution is 5.86. The van der Waals surface area contributed by atoms with E-state index in [0.717, 1.165) is 5.56 Å². The minimum atomic E-state index is -0.593. The van der Waals surface area contributed by atoms with Crippen LogP contribution in [0.5, 0.6) is 0 Å². The molecule has 1 aromatic carbocycles. The summed E-state index contributed by atoms with van der Waals surface area (Å²) < 4.78 is 10.7. The molecular weight excluding hydrogens is 460 g/mol. The van der Waals surface area contributed by atoms with E-state index in [-0.39, 0.29) is 62.5 Å². The van der Waals surface area contributed by atoms with Crippen LogP contribution in [0, 0.1) is 17.8 Å². The molecule has 0 radical (unpaired) electrons. The normalized spacial score (nSPS) is 13.3. The lowest BCUT2D eigenvalue weighted by Gasteiger charge is -2.25. The number of esters is 1. The zero-order valence-electron chi connectivity index (χ0n) is 21.6. The van der Waals surface area contributed by atoms with Crippen molar-refractivity contribution in [3.05, 3.63) is 61.2 Å². The molecule has 8 nitrogen and oxygen atoms in total. The Morgan fingerprint density at radius 3 is 2.31 bits per heavy atom. The first-order chi connectivity index (χ1) is 17.3. The van der Waals surface area contributed by atoms with Crippen molar-refractivity contribution in [2.75, 3.05) is 33.0 Å². The summed E-state index contributed by atoms with van der Waals surface area (Å²) in [6, 6.07) is 9.33.